The maximum atomic E-state index is 13.8. The first-order valence-corrected chi connectivity index (χ1v) is 13.0. The summed E-state index contributed by atoms with van der Waals surface area (Å²) in [5, 5.41) is 3.66. The Morgan fingerprint density at radius 3 is 2.43 bits per heavy atom. The van der Waals surface area contributed by atoms with Gasteiger partial charge >= 0.3 is 0 Å². The number of fused-ring (bicyclic) bond motifs is 3. The summed E-state index contributed by atoms with van der Waals surface area (Å²) < 4.78 is 0. The summed E-state index contributed by atoms with van der Waals surface area (Å²) in [5.41, 5.74) is 4.19. The second-order valence-electron chi connectivity index (χ2n) is 10.2. The summed E-state index contributed by atoms with van der Waals surface area (Å²) >= 11 is 0. The van der Waals surface area contributed by atoms with Gasteiger partial charge in [-0.25, -0.2) is 9.97 Å². The number of nitrogens with one attached hydrogen (secondary N) is 1. The van der Waals surface area contributed by atoms with Crippen molar-refractivity contribution in [3.05, 3.63) is 89.5 Å². The molecule has 6 nitrogen and oxygen atoms in total. The Kier molecular flexibility index (Phi) is 6.21. The van der Waals surface area contributed by atoms with Gasteiger partial charge in [0.25, 0.3) is 5.91 Å². The van der Waals surface area contributed by atoms with E-state index in [1.165, 1.54) is 12.0 Å². The zero-order valence-electron chi connectivity index (χ0n) is 20.1. The molecule has 35 heavy (non-hydrogen) atoms. The van der Waals surface area contributed by atoms with Crippen LogP contribution in [-0.4, -0.2) is 50.8 Å². The second-order valence-corrected chi connectivity index (χ2v) is 10.2. The molecule has 6 rings (SSSR count). The molecule has 1 aromatic heterocycles. The zero-order chi connectivity index (χ0) is 23.6. The summed E-state index contributed by atoms with van der Waals surface area (Å²) in [6, 6.07) is 19.9. The zero-order valence-corrected chi connectivity index (χ0v) is 20.1. The van der Waals surface area contributed by atoms with Crippen molar-refractivity contribution in [2.24, 2.45) is 0 Å². The Bertz CT molecular complexity index is 1160. The van der Waals surface area contributed by atoms with E-state index in [2.05, 4.69) is 74.8 Å². The Balaban J connectivity index is 1.30. The van der Waals surface area contributed by atoms with Crippen LogP contribution in [0, 0.1) is 0 Å². The third-order valence-electron chi connectivity index (χ3n) is 7.73. The maximum absolute atomic E-state index is 13.8. The van der Waals surface area contributed by atoms with Crippen LogP contribution in [-0.2, 0) is 13.1 Å². The highest BCUT2D eigenvalue weighted by atomic mass is 16.2. The lowest BCUT2D eigenvalue weighted by Crippen LogP contribution is -2.44. The van der Waals surface area contributed by atoms with Crippen LogP contribution in [0.5, 0.6) is 0 Å². The van der Waals surface area contributed by atoms with Gasteiger partial charge in [-0.15, -0.1) is 0 Å². The topological polar surface area (TPSA) is 61.4 Å². The molecule has 2 bridgehead atoms. The molecular formula is C29H33N5O. The minimum atomic E-state index is 0.0181. The van der Waals surface area contributed by atoms with Gasteiger partial charge in [0.1, 0.15) is 5.82 Å². The average Bonchev–Trinajstić information content (AvgIpc) is 3.68. The van der Waals surface area contributed by atoms with Crippen LogP contribution in [0.1, 0.15) is 65.3 Å². The van der Waals surface area contributed by atoms with Crippen molar-refractivity contribution in [1.82, 2.24) is 19.8 Å². The molecule has 180 valence electrons. The fourth-order valence-electron chi connectivity index (χ4n) is 5.64. The van der Waals surface area contributed by atoms with Gasteiger partial charge in [-0.05, 0) is 49.3 Å². The summed E-state index contributed by atoms with van der Waals surface area (Å²) in [4.78, 5) is 27.5. The van der Waals surface area contributed by atoms with Crippen LogP contribution < -0.4 is 5.32 Å². The fourth-order valence-corrected chi connectivity index (χ4v) is 5.64. The van der Waals surface area contributed by atoms with E-state index in [0.29, 0.717) is 36.7 Å². The number of amides is 1. The van der Waals surface area contributed by atoms with Crippen molar-refractivity contribution in [3.8, 4) is 0 Å². The third-order valence-corrected chi connectivity index (χ3v) is 7.73. The number of aromatic nitrogens is 2. The summed E-state index contributed by atoms with van der Waals surface area (Å²) in [7, 11) is 0. The molecule has 1 N–H and O–H groups in total. The SMILES string of the molecule is O=C(c1cnc(C2CC2)nc1)N1Cc2ccccc2NCC[C@@H]2CC[C@H](C1)N2Cc1ccccc1. The van der Waals surface area contributed by atoms with Gasteiger partial charge < -0.3 is 10.2 Å². The van der Waals surface area contributed by atoms with Crippen molar-refractivity contribution in [2.45, 2.75) is 63.2 Å². The molecule has 6 heteroatoms. The van der Waals surface area contributed by atoms with Crippen LogP contribution in [0.2, 0.25) is 0 Å². The molecule has 1 saturated heterocycles. The first-order valence-electron chi connectivity index (χ1n) is 13.0. The maximum Gasteiger partial charge on any atom is 0.257 e. The number of hydrogen-bond donors (Lipinski definition) is 1. The molecule has 2 atom stereocenters. The van der Waals surface area contributed by atoms with E-state index < -0.39 is 0 Å². The number of para-hydroxylation sites is 1. The molecule has 2 fully saturated rings. The van der Waals surface area contributed by atoms with Crippen LogP contribution in [0.25, 0.3) is 0 Å². The van der Waals surface area contributed by atoms with Crippen LogP contribution in [0.3, 0.4) is 0 Å². The standard InChI is InChI=1S/C29H33N5O/c35-29(24-16-31-28(32-17-24)22-10-11-22)33-19-23-8-4-5-9-27(23)30-15-14-25-12-13-26(20-33)34(25)18-21-6-2-1-3-7-21/h1-9,16-17,22,25-26,30H,10-15,18-20H2/t25-,26+/m0/s1. The first-order chi connectivity index (χ1) is 17.2. The number of hydrogen-bond acceptors (Lipinski definition) is 5. The van der Waals surface area contributed by atoms with Gasteiger partial charge in [-0.1, -0.05) is 48.5 Å². The molecule has 0 radical (unpaired) electrons. The largest absolute Gasteiger partial charge is 0.385 e. The third kappa shape index (κ3) is 4.94. The predicted octanol–water partition coefficient (Wildman–Crippen LogP) is 4.85. The minimum absolute atomic E-state index is 0.0181. The lowest BCUT2D eigenvalue weighted by molar-refractivity contribution is 0.0662. The number of benzene rings is 2. The van der Waals surface area contributed by atoms with Gasteiger partial charge in [-0.2, -0.15) is 0 Å². The number of rotatable bonds is 4. The van der Waals surface area contributed by atoms with Crippen molar-refractivity contribution in [2.75, 3.05) is 18.4 Å². The van der Waals surface area contributed by atoms with Gasteiger partial charge in [-0.3, -0.25) is 9.69 Å². The van der Waals surface area contributed by atoms with E-state index >= 15 is 0 Å². The summed E-state index contributed by atoms with van der Waals surface area (Å²) in [6.45, 7) is 3.14. The Hall–Kier alpha value is -3.25. The van der Waals surface area contributed by atoms with E-state index in [-0.39, 0.29) is 5.91 Å². The second kappa shape index (κ2) is 9.78. The molecule has 3 aromatic rings. The van der Waals surface area contributed by atoms with Crippen molar-refractivity contribution >= 4 is 11.6 Å². The Morgan fingerprint density at radius 2 is 1.63 bits per heavy atom. The summed E-state index contributed by atoms with van der Waals surface area (Å²) in [5.74, 6) is 1.38. The van der Waals surface area contributed by atoms with Crippen molar-refractivity contribution in [1.29, 1.82) is 0 Å². The molecule has 2 aromatic carbocycles. The van der Waals surface area contributed by atoms with E-state index in [9.17, 15) is 4.79 Å². The van der Waals surface area contributed by atoms with Crippen molar-refractivity contribution in [3.63, 3.8) is 0 Å². The van der Waals surface area contributed by atoms with Crippen LogP contribution >= 0.6 is 0 Å². The molecule has 2 aliphatic heterocycles. The van der Waals surface area contributed by atoms with Gasteiger partial charge in [0.15, 0.2) is 0 Å². The minimum Gasteiger partial charge on any atom is -0.385 e. The molecule has 3 heterocycles. The number of carbonyl (C=O) groups excluding carboxylic acids is 1. The number of anilines is 1. The van der Waals surface area contributed by atoms with E-state index in [1.54, 1.807) is 12.4 Å². The molecule has 3 aliphatic rings. The molecule has 0 spiro atoms. The molecule has 0 unspecified atom stereocenters. The van der Waals surface area contributed by atoms with Crippen LogP contribution in [0.15, 0.2) is 67.0 Å². The normalized spacial score (nSPS) is 22.7. The molecule has 1 aliphatic carbocycles. The van der Waals surface area contributed by atoms with E-state index in [1.807, 2.05) is 4.90 Å². The highest BCUT2D eigenvalue weighted by Gasteiger charge is 2.36. The van der Waals surface area contributed by atoms with Crippen LogP contribution in [0.4, 0.5) is 5.69 Å². The van der Waals surface area contributed by atoms with Gasteiger partial charge in [0, 0.05) is 62.3 Å². The number of carbonyl (C=O) groups is 1. The smallest absolute Gasteiger partial charge is 0.257 e. The average molecular weight is 468 g/mol. The van der Waals surface area contributed by atoms with E-state index in [0.717, 1.165) is 55.8 Å². The lowest BCUT2D eigenvalue weighted by atomic mass is 10.1. The predicted molar refractivity (Wildman–Crippen MR) is 137 cm³/mol. The quantitative estimate of drug-likeness (QED) is 0.595. The van der Waals surface area contributed by atoms with Gasteiger partial charge in [0.2, 0.25) is 0 Å². The highest BCUT2D eigenvalue weighted by molar-refractivity contribution is 5.93. The summed E-state index contributed by atoms with van der Waals surface area (Å²) in [6.07, 6.45) is 9.16. The molecule has 1 amide bonds. The number of nitrogens with zero attached hydrogens (tertiary/aromatic N) is 4. The van der Waals surface area contributed by atoms with E-state index in [4.69, 9.17) is 0 Å². The molecule has 1 saturated carbocycles. The highest BCUT2D eigenvalue weighted by Crippen LogP contribution is 2.37. The first kappa shape index (κ1) is 22.2. The van der Waals surface area contributed by atoms with Crippen molar-refractivity contribution < 1.29 is 4.79 Å². The van der Waals surface area contributed by atoms with Gasteiger partial charge in [0.05, 0.1) is 5.56 Å². The monoisotopic (exact) mass is 467 g/mol. The molecular weight excluding hydrogens is 434 g/mol. The lowest BCUT2D eigenvalue weighted by Gasteiger charge is -2.34. The fraction of sp³-hybridized carbons (Fsp3) is 0.414. The Labute approximate surface area is 207 Å². The Morgan fingerprint density at radius 1 is 0.886 bits per heavy atom.